The summed E-state index contributed by atoms with van der Waals surface area (Å²) in [6.45, 7) is 10.2. The molecule has 2 aliphatic rings. The van der Waals surface area contributed by atoms with Gasteiger partial charge in [-0.05, 0) is 60.6 Å². The van der Waals surface area contributed by atoms with Gasteiger partial charge in [0.25, 0.3) is 0 Å². The Morgan fingerprint density at radius 3 is 2.47 bits per heavy atom. The molecule has 3 heterocycles. The van der Waals surface area contributed by atoms with Crippen molar-refractivity contribution in [2.45, 2.75) is 108 Å². The highest BCUT2D eigenvalue weighted by Gasteiger charge is 2.82. The lowest BCUT2D eigenvalue weighted by atomic mass is 9.87. The van der Waals surface area contributed by atoms with Crippen molar-refractivity contribution in [3.05, 3.63) is 89.9 Å². The number of nitrogens with one attached hydrogen (secondary N) is 1. The third kappa shape index (κ3) is 7.42. The second-order valence-electron chi connectivity index (χ2n) is 14.6. The van der Waals surface area contributed by atoms with Crippen LogP contribution in [0.2, 0.25) is 0 Å². The number of benzene rings is 2. The number of carbonyl (C=O) groups excluding carboxylic acids is 1. The molecule has 2 aromatic carbocycles. The third-order valence-electron chi connectivity index (χ3n) is 9.72. The van der Waals surface area contributed by atoms with Gasteiger partial charge in [0.05, 0.1) is 12.3 Å². The molecule has 1 aliphatic heterocycles. The second kappa shape index (κ2) is 14.3. The van der Waals surface area contributed by atoms with Gasteiger partial charge in [-0.25, -0.2) is 14.1 Å². The number of fused-ring (bicyclic) bond motifs is 2. The fraction of sp³-hybridized carbons (Fsp3) is 0.486. The first-order valence-electron chi connectivity index (χ1n) is 17.4. The van der Waals surface area contributed by atoms with Crippen LogP contribution >= 0.6 is 7.75 Å². The first kappa shape index (κ1) is 36.9. The van der Waals surface area contributed by atoms with Crippen LogP contribution < -0.4 is 15.3 Å². The Labute approximate surface area is 298 Å². The smallest absolute Gasteiger partial charge is 0.459 e. The Morgan fingerprint density at radius 1 is 1.10 bits per heavy atom. The van der Waals surface area contributed by atoms with Crippen LogP contribution in [-0.2, 0) is 40.8 Å². The molecule has 0 bridgehead atoms. The van der Waals surface area contributed by atoms with Gasteiger partial charge in [-0.3, -0.25) is 9.32 Å². The summed E-state index contributed by atoms with van der Waals surface area (Å²) in [5.41, 5.74) is 5.22. The maximum Gasteiger partial charge on any atom is 0.459 e. The molecule has 0 spiro atoms. The SMILES string of the molecule is CCCCCCOC(=O)[C@H](Cc1ccccc1)NP(=O)(Oc1ccc(C(C)(C)C)cc1)OC1[C@H]2O[C@@](C)(c3ccc4c(N)ncnn34)[C@H](O)[C@@]12O. The van der Waals surface area contributed by atoms with Gasteiger partial charge in [0.15, 0.2) is 11.4 Å². The molecule has 1 aliphatic carbocycles. The maximum absolute atomic E-state index is 14.9. The highest BCUT2D eigenvalue weighted by Crippen LogP contribution is 2.63. The number of nitrogen functional groups attached to an aromatic ring is 1. The van der Waals surface area contributed by atoms with Crippen LogP contribution in [0.15, 0.2) is 73.1 Å². The molecule has 4 aromatic rings. The number of esters is 1. The molecule has 14 heteroatoms. The summed E-state index contributed by atoms with van der Waals surface area (Å²) in [5, 5.41) is 30.6. The van der Waals surface area contributed by atoms with Crippen LogP contribution in [0, 0.1) is 0 Å². The number of aromatic nitrogens is 3. The van der Waals surface area contributed by atoms with Gasteiger partial charge < -0.3 is 29.9 Å². The minimum absolute atomic E-state index is 0.121. The van der Waals surface area contributed by atoms with E-state index in [2.05, 4.69) is 42.9 Å². The summed E-state index contributed by atoms with van der Waals surface area (Å²) in [7, 11) is -4.50. The largest absolute Gasteiger partial charge is 0.465 e. The lowest BCUT2D eigenvalue weighted by Crippen LogP contribution is -2.47. The molecule has 0 radical (unpaired) electrons. The lowest BCUT2D eigenvalue weighted by molar-refractivity contribution is -0.146. The van der Waals surface area contributed by atoms with Crippen molar-refractivity contribution in [2.75, 3.05) is 12.3 Å². The summed E-state index contributed by atoms with van der Waals surface area (Å²) in [6, 6.07) is 18.6. The van der Waals surface area contributed by atoms with Crippen LogP contribution in [0.5, 0.6) is 5.75 Å². The molecule has 7 atom stereocenters. The highest BCUT2D eigenvalue weighted by molar-refractivity contribution is 7.52. The zero-order valence-corrected chi connectivity index (χ0v) is 30.6. The Kier molecular flexibility index (Phi) is 10.4. The number of aliphatic hydroxyl groups is 2. The molecule has 5 N–H and O–H groups in total. The van der Waals surface area contributed by atoms with Crippen LogP contribution in [0.25, 0.3) is 5.52 Å². The molecule has 0 amide bonds. The van der Waals surface area contributed by atoms with Gasteiger partial charge in [-0.1, -0.05) is 89.4 Å². The number of unbranched alkanes of at least 4 members (excludes halogenated alkanes) is 3. The van der Waals surface area contributed by atoms with Gasteiger partial charge in [0.2, 0.25) is 0 Å². The second-order valence-corrected chi connectivity index (χ2v) is 16.2. The van der Waals surface area contributed by atoms with Gasteiger partial charge in [-0.15, -0.1) is 0 Å². The molecule has 2 aromatic heterocycles. The zero-order valence-electron chi connectivity index (χ0n) is 29.7. The van der Waals surface area contributed by atoms with Crippen LogP contribution in [0.4, 0.5) is 5.82 Å². The van der Waals surface area contributed by atoms with Crippen LogP contribution in [0.3, 0.4) is 0 Å². The summed E-state index contributed by atoms with van der Waals surface area (Å²) in [6.07, 6.45) is 1.17. The normalized spacial score (nSPS) is 26.0. The summed E-state index contributed by atoms with van der Waals surface area (Å²) >= 11 is 0. The monoisotopic (exact) mass is 721 g/mol. The van der Waals surface area contributed by atoms with E-state index in [4.69, 9.17) is 24.3 Å². The topological polar surface area (TPSA) is 180 Å². The van der Waals surface area contributed by atoms with Crippen molar-refractivity contribution in [1.82, 2.24) is 19.7 Å². The van der Waals surface area contributed by atoms with Gasteiger partial charge >= 0.3 is 13.7 Å². The summed E-state index contributed by atoms with van der Waals surface area (Å²) < 4.78 is 40.5. The van der Waals surface area contributed by atoms with E-state index >= 15 is 0 Å². The van der Waals surface area contributed by atoms with Crippen molar-refractivity contribution in [1.29, 1.82) is 0 Å². The van der Waals surface area contributed by atoms with Gasteiger partial charge in [0.1, 0.15) is 47.5 Å². The molecule has 1 saturated carbocycles. The van der Waals surface area contributed by atoms with E-state index < -0.39 is 49.3 Å². The molecule has 2 fully saturated rings. The molecular formula is C37H48N5O8P. The van der Waals surface area contributed by atoms with Crippen molar-refractivity contribution < 1.29 is 38.1 Å². The first-order valence-corrected chi connectivity index (χ1v) is 19.0. The van der Waals surface area contributed by atoms with E-state index in [1.54, 1.807) is 31.2 Å². The van der Waals surface area contributed by atoms with Gasteiger partial charge in [0, 0.05) is 0 Å². The van der Waals surface area contributed by atoms with Gasteiger partial charge in [-0.2, -0.15) is 10.2 Å². The number of hydrogen-bond donors (Lipinski definition) is 4. The van der Waals surface area contributed by atoms with Crippen LogP contribution in [-0.4, -0.2) is 67.3 Å². The van der Waals surface area contributed by atoms with E-state index in [-0.39, 0.29) is 30.0 Å². The fourth-order valence-corrected chi connectivity index (χ4v) is 8.36. The fourth-order valence-electron chi connectivity index (χ4n) is 6.64. The molecule has 51 heavy (non-hydrogen) atoms. The van der Waals surface area contributed by atoms with E-state index in [0.717, 1.165) is 30.4 Å². The van der Waals surface area contributed by atoms with Crippen molar-refractivity contribution in [2.24, 2.45) is 0 Å². The predicted octanol–water partition coefficient (Wildman–Crippen LogP) is 5.23. The summed E-state index contributed by atoms with van der Waals surface area (Å²) in [4.78, 5) is 17.6. The Bertz CT molecular complexity index is 1880. The maximum atomic E-state index is 14.9. The first-order chi connectivity index (χ1) is 24.2. The van der Waals surface area contributed by atoms with E-state index in [0.29, 0.717) is 17.6 Å². The van der Waals surface area contributed by atoms with Crippen molar-refractivity contribution >= 4 is 25.1 Å². The number of rotatable bonds is 15. The quantitative estimate of drug-likeness (QED) is 0.0715. The highest BCUT2D eigenvalue weighted by atomic mass is 31.2. The predicted molar refractivity (Wildman–Crippen MR) is 191 cm³/mol. The lowest BCUT2D eigenvalue weighted by Gasteiger charge is -2.33. The average molecular weight is 722 g/mol. The number of nitrogens with zero attached hydrogens (tertiary/aromatic N) is 3. The Balaban J connectivity index is 1.27. The average Bonchev–Trinajstić information content (AvgIpc) is 3.35. The number of aliphatic hydroxyl groups excluding tert-OH is 1. The standard InChI is InChI=1S/C37H48N5O8P/c1-6-7-8-12-21-47-33(43)27(22-24-13-10-9-11-14-24)41-51(46,49-26-17-15-25(16-18-26)35(2,3)4)50-31-30-37(31,45)34(44)36(5,48-30)29-20-19-28-32(38)39-23-40-42(28)29/h9-11,13-20,23,27,30-31,34,44-45H,6-8,12,21-22H2,1-5H3,(H,41,46)(H2,38,39,40)/t27-,30+,31?,34-,36-,37-,51?/m0/s1. The molecule has 2 unspecified atom stereocenters. The molecule has 13 nitrogen and oxygen atoms in total. The molecule has 6 rings (SSSR count). The zero-order chi connectivity index (χ0) is 36.6. The van der Waals surface area contributed by atoms with E-state index in [9.17, 15) is 19.6 Å². The minimum Gasteiger partial charge on any atom is -0.465 e. The van der Waals surface area contributed by atoms with E-state index in [1.165, 1.54) is 10.8 Å². The Morgan fingerprint density at radius 2 is 1.82 bits per heavy atom. The molecule has 274 valence electrons. The minimum atomic E-state index is -4.50. The number of hydrogen-bond acceptors (Lipinski definition) is 11. The third-order valence-corrected chi connectivity index (χ3v) is 11.3. The number of ether oxygens (including phenoxy) is 2. The number of anilines is 1. The number of nitrogens with two attached hydrogens (primary N) is 1. The molecule has 1 saturated heterocycles. The summed E-state index contributed by atoms with van der Waals surface area (Å²) in [5.74, 6) is -0.168. The van der Waals surface area contributed by atoms with Crippen molar-refractivity contribution in [3.63, 3.8) is 0 Å². The van der Waals surface area contributed by atoms with Crippen molar-refractivity contribution in [3.8, 4) is 5.75 Å². The van der Waals surface area contributed by atoms with E-state index in [1.807, 2.05) is 42.5 Å². The number of carbonyl (C=O) groups is 1. The van der Waals surface area contributed by atoms with Crippen LogP contribution in [0.1, 0.15) is 77.1 Å². The Hall–Kier alpha value is -3.84. The molecular weight excluding hydrogens is 673 g/mol.